The van der Waals surface area contributed by atoms with E-state index in [1.165, 1.54) is 16.7 Å². The Labute approximate surface area is 246 Å². The molecule has 5 nitrogen and oxygen atoms in total. The van der Waals surface area contributed by atoms with Crippen molar-refractivity contribution in [3.05, 3.63) is 95.1 Å². The maximum Gasteiger partial charge on any atom is 0.252 e. The molecule has 0 radical (unpaired) electrons. The lowest BCUT2D eigenvalue weighted by atomic mass is 9.93. The van der Waals surface area contributed by atoms with Crippen molar-refractivity contribution in [1.29, 1.82) is 0 Å². The highest BCUT2D eigenvalue weighted by molar-refractivity contribution is 6.01. The van der Waals surface area contributed by atoms with Crippen LogP contribution in [-0.2, 0) is 24.1 Å². The largest absolute Gasteiger partial charge is 0.356 e. The molecule has 1 heterocycles. The van der Waals surface area contributed by atoms with E-state index in [0.717, 1.165) is 94.2 Å². The topological polar surface area (TPSA) is 61.4 Å². The zero-order valence-corrected chi connectivity index (χ0v) is 25.0. The predicted octanol–water partition coefficient (Wildman–Crippen LogP) is 6.59. The first-order valence-corrected chi connectivity index (χ1v) is 15.6. The summed E-state index contributed by atoms with van der Waals surface area (Å²) in [5.74, 6) is 0.182. The van der Waals surface area contributed by atoms with Gasteiger partial charge in [-0.15, -0.1) is 0 Å². The number of nitrogens with zero attached hydrogens (tertiary/aromatic N) is 1. The van der Waals surface area contributed by atoms with E-state index in [4.69, 9.17) is 0 Å². The van der Waals surface area contributed by atoms with Crippen molar-refractivity contribution < 1.29 is 9.59 Å². The van der Waals surface area contributed by atoms with Crippen LogP contribution in [0.1, 0.15) is 79.4 Å². The third kappa shape index (κ3) is 9.02. The molecule has 0 atom stereocenters. The molecule has 1 aliphatic rings. The average molecular weight is 554 g/mol. The molecule has 5 heteroatoms. The summed E-state index contributed by atoms with van der Waals surface area (Å²) in [5, 5.41) is 6.40. The van der Waals surface area contributed by atoms with Crippen LogP contribution < -0.4 is 10.6 Å². The Bertz CT molecular complexity index is 1230. The van der Waals surface area contributed by atoms with Gasteiger partial charge in [-0.25, -0.2) is 0 Å². The molecule has 3 aromatic carbocycles. The van der Waals surface area contributed by atoms with E-state index in [-0.39, 0.29) is 17.9 Å². The van der Waals surface area contributed by atoms with E-state index in [9.17, 15) is 9.59 Å². The van der Waals surface area contributed by atoms with E-state index < -0.39 is 0 Å². The number of likely N-dealkylation sites (tertiary alicyclic amines) is 1. The van der Waals surface area contributed by atoms with Crippen LogP contribution in [-0.4, -0.2) is 48.9 Å². The molecule has 0 unspecified atom stereocenters. The van der Waals surface area contributed by atoms with Gasteiger partial charge in [-0.2, -0.15) is 0 Å². The summed E-state index contributed by atoms with van der Waals surface area (Å²) in [7, 11) is 0. The molecular formula is C36H47N3O2. The minimum absolute atomic E-state index is 0.0130. The summed E-state index contributed by atoms with van der Waals surface area (Å²) in [6.45, 7) is 8.20. The van der Waals surface area contributed by atoms with Crippen LogP contribution in [0, 0.1) is 0 Å². The number of carbonyl (C=O) groups excluding carboxylic acids is 2. The normalized spacial score (nSPS) is 14.1. The van der Waals surface area contributed by atoms with E-state index >= 15 is 0 Å². The van der Waals surface area contributed by atoms with Crippen LogP contribution in [0.3, 0.4) is 0 Å². The standard InChI is InChI=1S/C36H47N3O2/c1-3-28-16-12-17-29(4-2)32(28)20-13-21-35(40)37-24-10-11-25-39-26-22-31(23-27-39)38-36(41)34-19-9-8-18-33(34)30-14-6-5-7-15-30/h5-9,12,14-19,31H,3-4,10-11,13,20-27H2,1-2H3,(H,37,40)(H,38,41). The Morgan fingerprint density at radius 2 is 1.49 bits per heavy atom. The molecule has 0 saturated carbocycles. The van der Waals surface area contributed by atoms with Crippen molar-refractivity contribution in [3.8, 4) is 11.1 Å². The van der Waals surface area contributed by atoms with Gasteiger partial charge in [0.1, 0.15) is 0 Å². The third-order valence-electron chi connectivity index (χ3n) is 8.37. The molecule has 0 bridgehead atoms. The number of rotatable bonds is 14. The van der Waals surface area contributed by atoms with E-state index in [0.29, 0.717) is 6.42 Å². The van der Waals surface area contributed by atoms with Crippen LogP contribution in [0.15, 0.2) is 72.8 Å². The first kappa shape index (κ1) is 30.5. The third-order valence-corrected chi connectivity index (χ3v) is 8.37. The zero-order valence-electron chi connectivity index (χ0n) is 25.0. The average Bonchev–Trinajstić information content (AvgIpc) is 3.02. The minimum atomic E-state index is 0.0130. The smallest absolute Gasteiger partial charge is 0.252 e. The van der Waals surface area contributed by atoms with Crippen molar-refractivity contribution in [3.63, 3.8) is 0 Å². The Kier molecular flexibility index (Phi) is 12.0. The van der Waals surface area contributed by atoms with Gasteiger partial charge < -0.3 is 15.5 Å². The van der Waals surface area contributed by atoms with Gasteiger partial charge in [0.15, 0.2) is 0 Å². The van der Waals surface area contributed by atoms with Gasteiger partial charge in [0, 0.05) is 37.7 Å². The molecule has 1 saturated heterocycles. The number of nitrogens with one attached hydrogen (secondary N) is 2. The zero-order chi connectivity index (χ0) is 28.9. The lowest BCUT2D eigenvalue weighted by Gasteiger charge is -2.32. The van der Waals surface area contributed by atoms with Gasteiger partial charge in [-0.05, 0) is 91.8 Å². The lowest BCUT2D eigenvalue weighted by molar-refractivity contribution is -0.121. The summed E-state index contributed by atoms with van der Waals surface area (Å²) in [5.41, 5.74) is 7.06. The molecule has 3 aromatic rings. The van der Waals surface area contributed by atoms with Crippen molar-refractivity contribution >= 4 is 11.8 Å². The summed E-state index contributed by atoms with van der Waals surface area (Å²) >= 11 is 0. The Hall–Kier alpha value is -3.44. The molecule has 41 heavy (non-hydrogen) atoms. The highest BCUT2D eigenvalue weighted by Gasteiger charge is 2.22. The Morgan fingerprint density at radius 1 is 0.805 bits per heavy atom. The summed E-state index contributed by atoms with van der Waals surface area (Å²) < 4.78 is 0. The fourth-order valence-corrected chi connectivity index (χ4v) is 5.99. The minimum Gasteiger partial charge on any atom is -0.356 e. The van der Waals surface area contributed by atoms with Gasteiger partial charge in [-0.1, -0.05) is 80.6 Å². The molecule has 218 valence electrons. The van der Waals surface area contributed by atoms with Crippen LogP contribution in [0.2, 0.25) is 0 Å². The molecular weight excluding hydrogens is 506 g/mol. The lowest BCUT2D eigenvalue weighted by Crippen LogP contribution is -2.45. The van der Waals surface area contributed by atoms with Crippen molar-refractivity contribution in [2.45, 2.75) is 77.7 Å². The maximum atomic E-state index is 13.1. The molecule has 2 amide bonds. The molecule has 0 aromatic heterocycles. The SMILES string of the molecule is CCc1cccc(CC)c1CCCC(=O)NCCCCN1CCC(NC(=O)c2ccccc2-c2ccccc2)CC1. The molecule has 1 fully saturated rings. The molecule has 2 N–H and O–H groups in total. The molecule has 1 aliphatic heterocycles. The predicted molar refractivity (Wildman–Crippen MR) is 169 cm³/mol. The van der Waals surface area contributed by atoms with Crippen molar-refractivity contribution in [2.24, 2.45) is 0 Å². The number of aryl methyl sites for hydroxylation is 2. The molecule has 0 spiro atoms. The van der Waals surface area contributed by atoms with Gasteiger partial charge in [-0.3, -0.25) is 9.59 Å². The Morgan fingerprint density at radius 3 is 2.20 bits per heavy atom. The first-order valence-electron chi connectivity index (χ1n) is 15.6. The number of unbranched alkanes of at least 4 members (excludes halogenated alkanes) is 1. The second-order valence-corrected chi connectivity index (χ2v) is 11.2. The Balaban J connectivity index is 1.09. The number of carbonyl (C=O) groups is 2. The van der Waals surface area contributed by atoms with Crippen molar-refractivity contribution in [2.75, 3.05) is 26.2 Å². The fourth-order valence-electron chi connectivity index (χ4n) is 5.99. The van der Waals surface area contributed by atoms with E-state index in [2.05, 4.69) is 47.6 Å². The number of amides is 2. The fraction of sp³-hybridized carbons (Fsp3) is 0.444. The van der Waals surface area contributed by atoms with Gasteiger partial charge in [0.05, 0.1) is 0 Å². The second-order valence-electron chi connectivity index (χ2n) is 11.2. The van der Waals surface area contributed by atoms with Crippen LogP contribution >= 0.6 is 0 Å². The van der Waals surface area contributed by atoms with Gasteiger partial charge >= 0.3 is 0 Å². The molecule has 4 rings (SSSR count). The van der Waals surface area contributed by atoms with Gasteiger partial charge in [0.25, 0.3) is 5.91 Å². The van der Waals surface area contributed by atoms with Crippen LogP contribution in [0.4, 0.5) is 0 Å². The number of hydrogen-bond acceptors (Lipinski definition) is 3. The van der Waals surface area contributed by atoms with E-state index in [1.54, 1.807) is 0 Å². The number of piperidine rings is 1. The number of benzene rings is 3. The van der Waals surface area contributed by atoms with Crippen molar-refractivity contribution in [1.82, 2.24) is 15.5 Å². The highest BCUT2D eigenvalue weighted by atomic mass is 16.2. The first-order chi connectivity index (χ1) is 20.1. The molecule has 0 aliphatic carbocycles. The summed E-state index contributed by atoms with van der Waals surface area (Å²) in [6, 6.07) is 24.8. The van der Waals surface area contributed by atoms with Crippen LogP contribution in [0.5, 0.6) is 0 Å². The number of hydrogen-bond donors (Lipinski definition) is 2. The monoisotopic (exact) mass is 553 g/mol. The van der Waals surface area contributed by atoms with Crippen LogP contribution in [0.25, 0.3) is 11.1 Å². The maximum absolute atomic E-state index is 13.1. The second kappa shape index (κ2) is 16.1. The highest BCUT2D eigenvalue weighted by Crippen LogP contribution is 2.24. The quantitative estimate of drug-likeness (QED) is 0.221. The van der Waals surface area contributed by atoms with Gasteiger partial charge in [0.2, 0.25) is 5.91 Å². The summed E-state index contributed by atoms with van der Waals surface area (Å²) in [6.07, 6.45) is 8.58. The van der Waals surface area contributed by atoms with E-state index in [1.807, 2.05) is 54.6 Å². The summed E-state index contributed by atoms with van der Waals surface area (Å²) in [4.78, 5) is 28.0.